The van der Waals surface area contributed by atoms with Crippen molar-refractivity contribution in [2.45, 2.75) is 101 Å². The molecule has 3 aromatic carbocycles. The molecule has 1 fully saturated rings. The van der Waals surface area contributed by atoms with Crippen molar-refractivity contribution in [2.24, 2.45) is 17.2 Å². The number of carbonyl (C=O) groups is 8. The molecule has 0 saturated carbocycles. The lowest BCUT2D eigenvalue weighted by atomic mass is 10.0. The summed E-state index contributed by atoms with van der Waals surface area (Å²) in [6.45, 7) is 2.54. The van der Waals surface area contributed by atoms with Crippen LogP contribution < -0.4 is 43.8 Å². The van der Waals surface area contributed by atoms with Crippen LogP contribution in [-0.2, 0) is 57.6 Å². The van der Waals surface area contributed by atoms with Gasteiger partial charge in [0.25, 0.3) is 5.97 Å². The van der Waals surface area contributed by atoms with Gasteiger partial charge in [-0.15, -0.1) is 0 Å². The van der Waals surface area contributed by atoms with Crippen molar-refractivity contribution in [1.82, 2.24) is 31.5 Å². The number of primary amides is 1. The maximum absolute atomic E-state index is 14.1. The van der Waals surface area contributed by atoms with Gasteiger partial charge in [-0.3, -0.25) is 38.4 Å². The number of nitrogens with two attached hydrogens (primary N) is 3. The van der Waals surface area contributed by atoms with E-state index in [1.165, 1.54) is 36.1 Å². The first kappa shape index (κ1) is 52.3. The van der Waals surface area contributed by atoms with Crippen LogP contribution >= 0.6 is 0 Å². The molecular weight excluding hydrogens is 843 g/mol. The van der Waals surface area contributed by atoms with E-state index in [0.717, 1.165) is 6.92 Å². The normalized spacial score (nSPS) is 15.3. The first-order valence-electron chi connectivity index (χ1n) is 21.2. The zero-order valence-electron chi connectivity index (χ0n) is 36.5. The van der Waals surface area contributed by atoms with E-state index in [4.69, 9.17) is 27.1 Å². The average molecular weight is 904 g/mol. The summed E-state index contributed by atoms with van der Waals surface area (Å²) in [6.07, 6.45) is 2.42. The van der Waals surface area contributed by atoms with Crippen molar-refractivity contribution < 1.29 is 53.7 Å². The van der Waals surface area contributed by atoms with Gasteiger partial charge in [-0.1, -0.05) is 54.6 Å². The number of nitrogens with one attached hydrogen (secondary N) is 5. The Bertz CT molecular complexity index is 2070. The minimum absolute atomic E-state index is 0.00627. The van der Waals surface area contributed by atoms with Crippen LogP contribution in [0.2, 0.25) is 0 Å². The number of carboxylic acid groups (broad SMARTS) is 1. The molecule has 14 N–H and O–H groups in total. The highest BCUT2D eigenvalue weighted by atomic mass is 16.4. The quantitative estimate of drug-likeness (QED) is 0.0553. The summed E-state index contributed by atoms with van der Waals surface area (Å²) in [5.41, 5.74) is 19.2. The number of phenolic OH excluding ortho intramolecular Hbond substituents is 2. The number of likely N-dealkylation sites (tertiary alicyclic amines) is 1. The Morgan fingerprint density at radius 2 is 1.26 bits per heavy atom. The lowest BCUT2D eigenvalue weighted by molar-refractivity contribution is -0.142. The molecule has 0 aliphatic carbocycles. The molecule has 1 heterocycles. The van der Waals surface area contributed by atoms with E-state index in [-0.39, 0.29) is 43.7 Å². The predicted molar refractivity (Wildman–Crippen MR) is 238 cm³/mol. The molecule has 0 spiro atoms. The minimum Gasteiger partial charge on any atom is -0.508 e. The van der Waals surface area contributed by atoms with Crippen LogP contribution in [0.4, 0.5) is 0 Å². The molecule has 0 radical (unpaired) electrons. The molecule has 1 aliphatic heterocycles. The van der Waals surface area contributed by atoms with Gasteiger partial charge in [-0.2, -0.15) is 0 Å². The van der Waals surface area contributed by atoms with Gasteiger partial charge in [0.2, 0.25) is 41.4 Å². The minimum atomic E-state index is -1.21. The summed E-state index contributed by atoms with van der Waals surface area (Å²) < 4.78 is 0. The molecule has 352 valence electrons. The summed E-state index contributed by atoms with van der Waals surface area (Å²) in [6, 6.07) is 14.6. The second kappa shape index (κ2) is 26.5. The number of nitrogens with zero attached hydrogens (tertiary/aromatic N) is 1. The Labute approximate surface area is 377 Å². The Hall–Kier alpha value is -7.06. The third-order valence-corrected chi connectivity index (χ3v) is 10.3. The molecule has 20 heteroatoms. The van der Waals surface area contributed by atoms with Crippen LogP contribution in [0.25, 0.3) is 0 Å². The van der Waals surface area contributed by atoms with Gasteiger partial charge in [-0.05, 0) is 92.9 Å². The second-order valence-electron chi connectivity index (χ2n) is 15.6. The number of unbranched alkanes of at least 4 members (excludes halogenated alkanes) is 1. The van der Waals surface area contributed by atoms with Gasteiger partial charge in [0.15, 0.2) is 0 Å². The van der Waals surface area contributed by atoms with Crippen LogP contribution in [0.5, 0.6) is 11.5 Å². The number of aliphatic carboxylic acids is 1. The molecule has 4 rings (SSSR count). The number of carbonyl (C=O) groups excluding carboxylic acids is 7. The maximum Gasteiger partial charge on any atom is 0.300 e. The Balaban J connectivity index is 0.00000269. The summed E-state index contributed by atoms with van der Waals surface area (Å²) in [5.74, 6) is -5.37. The van der Waals surface area contributed by atoms with Crippen molar-refractivity contribution in [3.05, 3.63) is 95.6 Å². The molecule has 65 heavy (non-hydrogen) atoms. The predicted octanol–water partition coefficient (Wildman–Crippen LogP) is -0.775. The summed E-state index contributed by atoms with van der Waals surface area (Å²) in [7, 11) is 0. The molecule has 0 aromatic heterocycles. The lowest BCUT2D eigenvalue weighted by Crippen LogP contribution is -2.58. The topological polar surface area (TPSA) is 339 Å². The number of amides is 7. The number of hydrogen-bond acceptors (Lipinski definition) is 12. The van der Waals surface area contributed by atoms with E-state index >= 15 is 0 Å². The standard InChI is InChI=1S/C43H57N9O9.C2H4O2/c1-26(48-40(58)32(45)22-28-12-16-30(53)17-13-28)39(57)51-34(23-27-8-3-2-4-9-27)41(59)47-25-37(55)49-35(24-29-14-18-31(54)19-15-29)43(61)52-21-7-11-36(52)42(60)50-33(38(46)56)10-5-6-20-44;1-2(3)4/h2-4,8-9,12-19,26,32-36,53-54H,5-7,10-11,20-25,44-45H2,1H3,(H2,46,56)(H,47,59)(H,48,58)(H,49,55)(H,50,60)(H,51,57);1H3,(H,3,4)/t26-,32+,33+,34+,35+,36+;/m1./s1. The number of benzene rings is 3. The molecule has 20 nitrogen and oxygen atoms in total. The fourth-order valence-electron chi connectivity index (χ4n) is 6.87. The molecular formula is C45H61N9O11. The number of rotatable bonds is 22. The number of phenols is 2. The Morgan fingerprint density at radius 1 is 0.708 bits per heavy atom. The summed E-state index contributed by atoms with van der Waals surface area (Å²) in [4.78, 5) is 103. The SMILES string of the molecule is CC(=O)O.C[C@@H](NC(=O)[C@@H](N)Cc1ccc(O)cc1)C(=O)N[C@@H](Cc1ccccc1)C(=O)NCC(=O)N[C@@H](Cc1ccc(O)cc1)C(=O)N1CCC[C@H]1C(=O)N[C@@H](CCCCN)C(N)=O. The van der Waals surface area contributed by atoms with E-state index in [0.29, 0.717) is 48.9 Å². The van der Waals surface area contributed by atoms with Crippen LogP contribution in [0.1, 0.15) is 62.6 Å². The van der Waals surface area contributed by atoms with Crippen molar-refractivity contribution in [3.63, 3.8) is 0 Å². The Kier molecular flexibility index (Phi) is 21.3. The van der Waals surface area contributed by atoms with Crippen LogP contribution in [0, 0.1) is 0 Å². The highest BCUT2D eigenvalue weighted by Gasteiger charge is 2.39. The first-order chi connectivity index (χ1) is 30.9. The third-order valence-electron chi connectivity index (χ3n) is 10.3. The van der Waals surface area contributed by atoms with E-state index in [1.807, 2.05) is 0 Å². The van der Waals surface area contributed by atoms with Crippen molar-refractivity contribution in [3.8, 4) is 11.5 Å². The van der Waals surface area contributed by atoms with E-state index in [1.54, 1.807) is 54.6 Å². The largest absolute Gasteiger partial charge is 0.508 e. The third kappa shape index (κ3) is 18.3. The zero-order valence-corrected chi connectivity index (χ0v) is 36.5. The van der Waals surface area contributed by atoms with E-state index in [2.05, 4.69) is 26.6 Å². The van der Waals surface area contributed by atoms with Crippen LogP contribution in [0.3, 0.4) is 0 Å². The molecule has 1 saturated heterocycles. The monoisotopic (exact) mass is 903 g/mol. The molecule has 6 atom stereocenters. The zero-order chi connectivity index (χ0) is 48.1. The molecule has 0 bridgehead atoms. The van der Waals surface area contributed by atoms with Gasteiger partial charge in [0, 0.05) is 26.3 Å². The second-order valence-corrected chi connectivity index (χ2v) is 15.6. The van der Waals surface area contributed by atoms with Gasteiger partial charge in [0.1, 0.15) is 41.7 Å². The molecule has 1 aliphatic rings. The number of aromatic hydroxyl groups is 2. The maximum atomic E-state index is 14.1. The highest BCUT2D eigenvalue weighted by molar-refractivity contribution is 5.96. The average Bonchev–Trinajstić information content (AvgIpc) is 3.76. The van der Waals surface area contributed by atoms with Gasteiger partial charge in [-0.25, -0.2) is 0 Å². The first-order valence-corrected chi connectivity index (χ1v) is 21.2. The van der Waals surface area contributed by atoms with Crippen molar-refractivity contribution in [1.29, 1.82) is 0 Å². The number of carboxylic acids is 1. The Morgan fingerprint density at radius 3 is 1.83 bits per heavy atom. The molecule has 3 aromatic rings. The van der Waals surface area contributed by atoms with Crippen LogP contribution in [-0.4, -0.2) is 123 Å². The van der Waals surface area contributed by atoms with Crippen molar-refractivity contribution >= 4 is 47.3 Å². The van der Waals surface area contributed by atoms with E-state index in [9.17, 15) is 43.8 Å². The van der Waals surface area contributed by atoms with E-state index < -0.39 is 90.1 Å². The fraction of sp³-hybridized carbons (Fsp3) is 0.422. The smallest absolute Gasteiger partial charge is 0.300 e. The fourth-order valence-corrected chi connectivity index (χ4v) is 6.87. The molecule has 7 amide bonds. The highest BCUT2D eigenvalue weighted by Crippen LogP contribution is 2.21. The summed E-state index contributed by atoms with van der Waals surface area (Å²) in [5, 5.41) is 39.9. The van der Waals surface area contributed by atoms with Crippen LogP contribution in [0.15, 0.2) is 78.9 Å². The van der Waals surface area contributed by atoms with Gasteiger partial charge in [0.05, 0.1) is 12.6 Å². The number of hydrogen-bond donors (Lipinski definition) is 11. The molecule has 0 unspecified atom stereocenters. The summed E-state index contributed by atoms with van der Waals surface area (Å²) >= 11 is 0. The lowest BCUT2D eigenvalue weighted by Gasteiger charge is -2.30. The van der Waals surface area contributed by atoms with Gasteiger partial charge < -0.3 is 64.0 Å². The van der Waals surface area contributed by atoms with Crippen molar-refractivity contribution in [2.75, 3.05) is 19.6 Å². The van der Waals surface area contributed by atoms with Gasteiger partial charge >= 0.3 is 0 Å².